The maximum absolute atomic E-state index is 11.7. The third kappa shape index (κ3) is 2.55. The van der Waals surface area contributed by atoms with E-state index in [-0.39, 0.29) is 5.75 Å². The summed E-state index contributed by atoms with van der Waals surface area (Å²) in [6, 6.07) is 17.8. The van der Waals surface area contributed by atoms with Crippen LogP contribution in [0.2, 0.25) is 0 Å². The van der Waals surface area contributed by atoms with Crippen molar-refractivity contribution in [2.75, 3.05) is 0 Å². The lowest BCUT2D eigenvalue weighted by atomic mass is 9.92. The summed E-state index contributed by atoms with van der Waals surface area (Å²) >= 11 is 0. The minimum absolute atomic E-state index is 0.114. The molecule has 0 saturated carbocycles. The van der Waals surface area contributed by atoms with E-state index in [1.54, 1.807) is 6.07 Å². The van der Waals surface area contributed by atoms with Crippen LogP contribution >= 0.6 is 0 Å². The van der Waals surface area contributed by atoms with E-state index in [1.807, 2.05) is 60.8 Å². The van der Waals surface area contributed by atoms with E-state index in [1.165, 1.54) is 0 Å². The first kappa shape index (κ1) is 15.1. The Morgan fingerprint density at radius 2 is 1.72 bits per heavy atom. The number of carbonyl (C=O) groups is 1. The first-order chi connectivity index (χ1) is 12.1. The lowest BCUT2D eigenvalue weighted by Gasteiger charge is -2.21. The minimum atomic E-state index is -0.650. The number of para-hydroxylation sites is 1. The van der Waals surface area contributed by atoms with Crippen LogP contribution in [0.3, 0.4) is 0 Å². The number of amides is 2. The molecule has 0 aliphatic heterocycles. The largest absolute Gasteiger partial charge is 0.508 e. The van der Waals surface area contributed by atoms with Crippen LogP contribution in [0.5, 0.6) is 5.75 Å². The molecule has 1 aromatic heterocycles. The van der Waals surface area contributed by atoms with Crippen LogP contribution in [-0.2, 0) is 0 Å². The maximum Gasteiger partial charge on any atom is 0.312 e. The number of H-pyrrole nitrogens is 1. The molecule has 25 heavy (non-hydrogen) atoms. The van der Waals surface area contributed by atoms with Crippen LogP contribution in [0.1, 0.15) is 17.2 Å². The molecule has 3 aromatic carbocycles. The van der Waals surface area contributed by atoms with E-state index >= 15 is 0 Å². The third-order valence-corrected chi connectivity index (χ3v) is 4.46. The molecule has 5 nitrogen and oxygen atoms in total. The van der Waals surface area contributed by atoms with Gasteiger partial charge in [0.1, 0.15) is 5.75 Å². The summed E-state index contributed by atoms with van der Waals surface area (Å²) in [7, 11) is 0. The topological polar surface area (TPSA) is 91.1 Å². The van der Waals surface area contributed by atoms with Crippen LogP contribution in [0, 0.1) is 0 Å². The second kappa shape index (κ2) is 5.87. The van der Waals surface area contributed by atoms with Crippen LogP contribution < -0.4 is 11.1 Å². The highest BCUT2D eigenvalue weighted by molar-refractivity contribution is 5.91. The van der Waals surface area contributed by atoms with Crippen LogP contribution in [0.15, 0.2) is 66.9 Å². The molecule has 0 spiro atoms. The zero-order chi connectivity index (χ0) is 17.4. The van der Waals surface area contributed by atoms with Crippen molar-refractivity contribution >= 4 is 27.7 Å². The summed E-state index contributed by atoms with van der Waals surface area (Å²) < 4.78 is 0. The molecular formula is C20H17N3O2. The molecule has 0 fully saturated rings. The Hall–Kier alpha value is -3.47. The van der Waals surface area contributed by atoms with Crippen molar-refractivity contribution in [2.24, 2.45) is 5.73 Å². The van der Waals surface area contributed by atoms with Gasteiger partial charge in [-0.15, -0.1) is 0 Å². The number of phenolic OH excluding ortho intramolecular Hbond substituents is 1. The molecule has 0 saturated heterocycles. The second-order valence-corrected chi connectivity index (χ2v) is 5.95. The number of hydrogen-bond donors (Lipinski definition) is 4. The molecule has 1 atom stereocenters. The standard InChI is InChI=1S/C20H17N3O2/c21-20(25)23-19(15-11-22-16-8-4-3-7-14(15)16)18-13-6-2-1-5-12(13)9-10-17(18)24/h1-11,19,22,24H,(H3,21,23,25). The van der Waals surface area contributed by atoms with E-state index in [2.05, 4.69) is 10.3 Å². The van der Waals surface area contributed by atoms with Gasteiger partial charge in [-0.05, 0) is 22.9 Å². The van der Waals surface area contributed by atoms with Crippen molar-refractivity contribution in [1.29, 1.82) is 0 Å². The quantitative estimate of drug-likeness (QED) is 0.460. The lowest BCUT2D eigenvalue weighted by Crippen LogP contribution is -2.33. The number of primary amides is 1. The average molecular weight is 331 g/mol. The molecule has 0 radical (unpaired) electrons. The number of phenols is 1. The molecule has 0 bridgehead atoms. The number of aromatic hydroxyl groups is 1. The first-order valence-corrected chi connectivity index (χ1v) is 7.98. The molecule has 1 heterocycles. The Labute approximate surface area is 144 Å². The minimum Gasteiger partial charge on any atom is -0.508 e. The Kier molecular flexibility index (Phi) is 3.54. The number of urea groups is 1. The highest BCUT2D eigenvalue weighted by atomic mass is 16.3. The maximum atomic E-state index is 11.7. The smallest absolute Gasteiger partial charge is 0.312 e. The Balaban J connectivity index is 2.00. The van der Waals surface area contributed by atoms with Crippen molar-refractivity contribution in [3.8, 4) is 5.75 Å². The summed E-state index contributed by atoms with van der Waals surface area (Å²) in [4.78, 5) is 14.9. The molecule has 124 valence electrons. The van der Waals surface area contributed by atoms with Gasteiger partial charge in [-0.3, -0.25) is 0 Å². The van der Waals surface area contributed by atoms with Crippen LogP contribution in [0.25, 0.3) is 21.7 Å². The molecule has 4 rings (SSSR count). The lowest BCUT2D eigenvalue weighted by molar-refractivity contribution is 0.247. The summed E-state index contributed by atoms with van der Waals surface area (Å²) in [5, 5.41) is 16.2. The van der Waals surface area contributed by atoms with E-state index in [0.29, 0.717) is 5.56 Å². The van der Waals surface area contributed by atoms with E-state index in [9.17, 15) is 9.90 Å². The van der Waals surface area contributed by atoms with Gasteiger partial charge < -0.3 is 21.1 Å². The van der Waals surface area contributed by atoms with Gasteiger partial charge in [-0.2, -0.15) is 0 Å². The van der Waals surface area contributed by atoms with Gasteiger partial charge in [0.15, 0.2) is 0 Å². The average Bonchev–Trinajstić information content (AvgIpc) is 3.04. The highest BCUT2D eigenvalue weighted by Crippen LogP contribution is 2.38. The number of benzene rings is 3. The van der Waals surface area contributed by atoms with Crippen molar-refractivity contribution in [1.82, 2.24) is 10.3 Å². The van der Waals surface area contributed by atoms with Gasteiger partial charge in [0.25, 0.3) is 0 Å². The molecular weight excluding hydrogens is 314 g/mol. The molecule has 1 unspecified atom stereocenters. The van der Waals surface area contributed by atoms with Crippen molar-refractivity contribution in [2.45, 2.75) is 6.04 Å². The predicted octanol–water partition coefficient (Wildman–Crippen LogP) is 3.78. The molecule has 0 aliphatic rings. The monoisotopic (exact) mass is 331 g/mol. The number of aromatic nitrogens is 1. The normalized spacial score (nSPS) is 12.3. The fourth-order valence-electron chi connectivity index (χ4n) is 3.37. The van der Waals surface area contributed by atoms with Crippen molar-refractivity contribution < 1.29 is 9.90 Å². The van der Waals surface area contributed by atoms with Crippen LogP contribution in [-0.4, -0.2) is 16.1 Å². The van der Waals surface area contributed by atoms with Crippen molar-refractivity contribution in [3.63, 3.8) is 0 Å². The van der Waals surface area contributed by atoms with Gasteiger partial charge >= 0.3 is 6.03 Å². The fraction of sp³-hybridized carbons (Fsp3) is 0.0500. The molecule has 5 heteroatoms. The Bertz CT molecular complexity index is 1080. The van der Waals surface area contributed by atoms with Gasteiger partial charge in [0.05, 0.1) is 6.04 Å². The van der Waals surface area contributed by atoms with Gasteiger partial charge in [0, 0.05) is 28.2 Å². The molecule has 4 aromatic rings. The fourth-order valence-corrected chi connectivity index (χ4v) is 3.37. The van der Waals surface area contributed by atoms with E-state index in [0.717, 1.165) is 27.2 Å². The summed E-state index contributed by atoms with van der Waals surface area (Å²) in [6.07, 6.45) is 1.84. The zero-order valence-electron chi connectivity index (χ0n) is 13.4. The number of rotatable bonds is 3. The number of hydrogen-bond acceptors (Lipinski definition) is 2. The first-order valence-electron chi connectivity index (χ1n) is 7.98. The third-order valence-electron chi connectivity index (χ3n) is 4.46. The molecule has 5 N–H and O–H groups in total. The van der Waals surface area contributed by atoms with Crippen molar-refractivity contribution in [3.05, 3.63) is 78.0 Å². The van der Waals surface area contributed by atoms with Crippen LogP contribution in [0.4, 0.5) is 4.79 Å². The number of nitrogens with two attached hydrogens (primary N) is 1. The van der Waals surface area contributed by atoms with Gasteiger partial charge in [-0.25, -0.2) is 4.79 Å². The second-order valence-electron chi connectivity index (χ2n) is 5.95. The molecule has 2 amide bonds. The number of nitrogens with one attached hydrogen (secondary N) is 2. The predicted molar refractivity (Wildman–Crippen MR) is 98.5 cm³/mol. The van der Waals surface area contributed by atoms with Gasteiger partial charge in [0.2, 0.25) is 0 Å². The number of carbonyl (C=O) groups excluding carboxylic acids is 1. The highest BCUT2D eigenvalue weighted by Gasteiger charge is 2.24. The van der Waals surface area contributed by atoms with E-state index < -0.39 is 12.1 Å². The zero-order valence-corrected chi connectivity index (χ0v) is 13.4. The number of fused-ring (bicyclic) bond motifs is 2. The SMILES string of the molecule is NC(=O)NC(c1c(O)ccc2ccccc12)c1c[nH]c2ccccc12. The van der Waals surface area contributed by atoms with Gasteiger partial charge in [-0.1, -0.05) is 48.5 Å². The summed E-state index contributed by atoms with van der Waals surface area (Å²) in [5.74, 6) is 0.114. The Morgan fingerprint density at radius 1 is 1.00 bits per heavy atom. The summed E-state index contributed by atoms with van der Waals surface area (Å²) in [6.45, 7) is 0. The van der Waals surface area contributed by atoms with E-state index in [4.69, 9.17) is 5.73 Å². The number of aromatic amines is 1. The Morgan fingerprint density at radius 3 is 2.52 bits per heavy atom. The summed E-state index contributed by atoms with van der Waals surface area (Å²) in [5.41, 5.74) is 7.86. The molecule has 0 aliphatic carbocycles.